The second kappa shape index (κ2) is 5.00. The lowest BCUT2D eigenvalue weighted by molar-refractivity contribution is 0.771. The van der Waals surface area contributed by atoms with Gasteiger partial charge in [-0.1, -0.05) is 30.3 Å². The van der Waals surface area contributed by atoms with Crippen LogP contribution in [0.1, 0.15) is 16.8 Å². The number of hydrogen-bond donors (Lipinski definition) is 1. The summed E-state index contributed by atoms with van der Waals surface area (Å²) in [4.78, 5) is 0. The fourth-order valence-corrected chi connectivity index (χ4v) is 2.52. The van der Waals surface area contributed by atoms with Gasteiger partial charge in [-0.2, -0.15) is 5.10 Å². The number of rotatable bonds is 3. The zero-order valence-corrected chi connectivity index (χ0v) is 12.1. The van der Waals surface area contributed by atoms with Crippen molar-refractivity contribution in [1.82, 2.24) is 9.78 Å². The molecule has 0 aliphatic rings. The SMILES string of the molecule is Cc1ccc(C)c(NCc2nn(C)c3ccccc23)c1. The third kappa shape index (κ3) is 2.27. The van der Waals surface area contributed by atoms with Crippen LogP contribution >= 0.6 is 0 Å². The summed E-state index contributed by atoms with van der Waals surface area (Å²) in [7, 11) is 1.99. The standard InChI is InChI=1S/C17H19N3/c1-12-8-9-13(2)15(10-12)18-11-16-14-6-4-5-7-17(14)20(3)19-16/h4-10,18H,11H2,1-3H3. The number of nitrogens with zero attached hydrogens (tertiary/aromatic N) is 2. The molecule has 0 fully saturated rings. The monoisotopic (exact) mass is 265 g/mol. The smallest absolute Gasteiger partial charge is 0.0894 e. The van der Waals surface area contributed by atoms with Crippen LogP contribution in [0.25, 0.3) is 10.9 Å². The van der Waals surface area contributed by atoms with E-state index in [1.54, 1.807) is 0 Å². The van der Waals surface area contributed by atoms with Crippen molar-refractivity contribution in [2.45, 2.75) is 20.4 Å². The van der Waals surface area contributed by atoms with Crippen molar-refractivity contribution >= 4 is 16.6 Å². The zero-order chi connectivity index (χ0) is 14.1. The molecule has 0 radical (unpaired) electrons. The van der Waals surface area contributed by atoms with Crippen LogP contribution < -0.4 is 5.32 Å². The second-order valence-electron chi connectivity index (χ2n) is 5.26. The topological polar surface area (TPSA) is 29.9 Å². The molecule has 1 aromatic heterocycles. The van der Waals surface area contributed by atoms with E-state index in [0.29, 0.717) is 0 Å². The van der Waals surface area contributed by atoms with Gasteiger partial charge in [0.25, 0.3) is 0 Å². The molecule has 0 saturated heterocycles. The molecule has 3 nitrogen and oxygen atoms in total. The van der Waals surface area contributed by atoms with Crippen molar-refractivity contribution in [2.24, 2.45) is 7.05 Å². The molecule has 0 aliphatic heterocycles. The maximum absolute atomic E-state index is 4.61. The Labute approximate surface area is 119 Å². The number of anilines is 1. The average Bonchev–Trinajstić information content (AvgIpc) is 2.77. The van der Waals surface area contributed by atoms with E-state index in [1.807, 2.05) is 17.8 Å². The number of para-hydroxylation sites is 1. The summed E-state index contributed by atoms with van der Waals surface area (Å²) in [6.07, 6.45) is 0. The average molecular weight is 265 g/mol. The molecule has 0 atom stereocenters. The van der Waals surface area contributed by atoms with E-state index >= 15 is 0 Å². The molecule has 0 aliphatic carbocycles. The molecule has 0 spiro atoms. The lowest BCUT2D eigenvalue weighted by Gasteiger charge is -2.09. The van der Waals surface area contributed by atoms with Crippen molar-refractivity contribution in [1.29, 1.82) is 0 Å². The minimum atomic E-state index is 0.742. The van der Waals surface area contributed by atoms with Gasteiger partial charge in [0.05, 0.1) is 17.8 Å². The van der Waals surface area contributed by atoms with Gasteiger partial charge in [0, 0.05) is 18.1 Å². The number of fused-ring (bicyclic) bond motifs is 1. The fourth-order valence-electron chi connectivity index (χ4n) is 2.52. The van der Waals surface area contributed by atoms with Gasteiger partial charge in [0.1, 0.15) is 0 Å². The molecule has 102 valence electrons. The second-order valence-corrected chi connectivity index (χ2v) is 5.26. The third-order valence-electron chi connectivity index (χ3n) is 3.67. The number of aromatic nitrogens is 2. The number of benzene rings is 2. The molecule has 0 bridgehead atoms. The van der Waals surface area contributed by atoms with Crippen LogP contribution in [-0.4, -0.2) is 9.78 Å². The number of hydrogen-bond acceptors (Lipinski definition) is 2. The van der Waals surface area contributed by atoms with Crippen LogP contribution in [0.2, 0.25) is 0 Å². The van der Waals surface area contributed by atoms with Gasteiger partial charge >= 0.3 is 0 Å². The minimum absolute atomic E-state index is 0.742. The Bertz CT molecular complexity index is 756. The summed E-state index contributed by atoms with van der Waals surface area (Å²) in [6.45, 7) is 4.98. The van der Waals surface area contributed by atoms with E-state index in [1.165, 1.54) is 27.7 Å². The molecule has 0 amide bonds. The molecule has 0 saturated carbocycles. The quantitative estimate of drug-likeness (QED) is 0.780. The molecular weight excluding hydrogens is 246 g/mol. The molecule has 3 aromatic rings. The van der Waals surface area contributed by atoms with Crippen molar-refractivity contribution in [3.05, 3.63) is 59.3 Å². The molecular formula is C17H19N3. The lowest BCUT2D eigenvalue weighted by atomic mass is 10.1. The summed E-state index contributed by atoms with van der Waals surface area (Å²) in [5.41, 5.74) is 5.97. The summed E-state index contributed by atoms with van der Waals surface area (Å²) in [6, 6.07) is 14.8. The van der Waals surface area contributed by atoms with Crippen LogP contribution in [0.5, 0.6) is 0 Å². The molecule has 0 unspecified atom stereocenters. The van der Waals surface area contributed by atoms with E-state index in [0.717, 1.165) is 12.2 Å². The van der Waals surface area contributed by atoms with Gasteiger partial charge < -0.3 is 5.32 Å². The van der Waals surface area contributed by atoms with Gasteiger partial charge in [-0.15, -0.1) is 0 Å². The Morgan fingerprint density at radius 2 is 1.90 bits per heavy atom. The Balaban J connectivity index is 1.89. The minimum Gasteiger partial charge on any atom is -0.379 e. The van der Waals surface area contributed by atoms with Crippen molar-refractivity contribution in [3.63, 3.8) is 0 Å². The molecule has 3 heteroatoms. The van der Waals surface area contributed by atoms with E-state index in [4.69, 9.17) is 0 Å². The first-order valence-electron chi connectivity index (χ1n) is 6.87. The third-order valence-corrected chi connectivity index (χ3v) is 3.67. The van der Waals surface area contributed by atoms with Gasteiger partial charge in [0.2, 0.25) is 0 Å². The Morgan fingerprint density at radius 3 is 2.75 bits per heavy atom. The predicted octanol–water partition coefficient (Wildman–Crippen LogP) is 3.80. The van der Waals surface area contributed by atoms with Crippen molar-refractivity contribution in [2.75, 3.05) is 5.32 Å². The normalized spacial score (nSPS) is 10.9. The largest absolute Gasteiger partial charge is 0.379 e. The van der Waals surface area contributed by atoms with E-state index < -0.39 is 0 Å². The van der Waals surface area contributed by atoms with Crippen LogP contribution in [0, 0.1) is 13.8 Å². The zero-order valence-electron chi connectivity index (χ0n) is 12.1. The van der Waals surface area contributed by atoms with Crippen molar-refractivity contribution < 1.29 is 0 Å². The first kappa shape index (κ1) is 12.7. The molecule has 20 heavy (non-hydrogen) atoms. The van der Waals surface area contributed by atoms with Crippen molar-refractivity contribution in [3.8, 4) is 0 Å². The Hall–Kier alpha value is -2.29. The maximum Gasteiger partial charge on any atom is 0.0894 e. The summed E-state index contributed by atoms with van der Waals surface area (Å²) in [5, 5.41) is 9.33. The van der Waals surface area contributed by atoms with E-state index in [9.17, 15) is 0 Å². The van der Waals surface area contributed by atoms with Crippen LogP contribution in [-0.2, 0) is 13.6 Å². The molecule has 1 N–H and O–H groups in total. The van der Waals surface area contributed by atoms with E-state index in [2.05, 4.69) is 60.7 Å². The predicted molar refractivity (Wildman–Crippen MR) is 84.0 cm³/mol. The van der Waals surface area contributed by atoms with Crippen LogP contribution in [0.4, 0.5) is 5.69 Å². The highest BCUT2D eigenvalue weighted by atomic mass is 15.3. The Morgan fingerprint density at radius 1 is 1.10 bits per heavy atom. The molecule has 1 heterocycles. The van der Waals surface area contributed by atoms with Crippen LogP contribution in [0.3, 0.4) is 0 Å². The number of nitrogens with one attached hydrogen (secondary N) is 1. The Kier molecular flexibility index (Phi) is 3.18. The first-order valence-corrected chi connectivity index (χ1v) is 6.87. The van der Waals surface area contributed by atoms with Gasteiger partial charge in [-0.3, -0.25) is 4.68 Å². The van der Waals surface area contributed by atoms with Gasteiger partial charge in [-0.25, -0.2) is 0 Å². The van der Waals surface area contributed by atoms with Gasteiger partial charge in [-0.05, 0) is 37.1 Å². The van der Waals surface area contributed by atoms with Crippen LogP contribution in [0.15, 0.2) is 42.5 Å². The highest BCUT2D eigenvalue weighted by Gasteiger charge is 2.08. The lowest BCUT2D eigenvalue weighted by Crippen LogP contribution is -2.03. The number of aryl methyl sites for hydroxylation is 3. The highest BCUT2D eigenvalue weighted by Crippen LogP contribution is 2.21. The molecule has 3 rings (SSSR count). The van der Waals surface area contributed by atoms with Gasteiger partial charge in [0.15, 0.2) is 0 Å². The van der Waals surface area contributed by atoms with E-state index in [-0.39, 0.29) is 0 Å². The molecule has 2 aromatic carbocycles. The summed E-state index contributed by atoms with van der Waals surface area (Å²) >= 11 is 0. The first-order chi connectivity index (χ1) is 9.65. The highest BCUT2D eigenvalue weighted by molar-refractivity contribution is 5.82. The summed E-state index contributed by atoms with van der Waals surface area (Å²) < 4.78 is 1.94. The fraction of sp³-hybridized carbons (Fsp3) is 0.235. The maximum atomic E-state index is 4.61. The summed E-state index contributed by atoms with van der Waals surface area (Å²) in [5.74, 6) is 0.